The Morgan fingerprint density at radius 1 is 1.21 bits per heavy atom. The third kappa shape index (κ3) is 8.63. The van der Waals surface area contributed by atoms with E-state index in [1.54, 1.807) is 0 Å². The van der Waals surface area contributed by atoms with E-state index in [-0.39, 0.29) is 23.5 Å². The highest BCUT2D eigenvalue weighted by Crippen LogP contribution is 2.43. The molecular formula is C25H40ClN3O4S. The number of carbonyl (C=O) groups is 2. The number of hydrogen-bond donors (Lipinski definition) is 2. The Labute approximate surface area is 209 Å². The molecule has 2 aliphatic rings. The normalized spacial score (nSPS) is 24.6. The molecule has 7 nitrogen and oxygen atoms in total. The lowest BCUT2D eigenvalue weighted by Crippen LogP contribution is -2.52. The molecule has 3 unspecified atom stereocenters. The first-order valence-corrected chi connectivity index (χ1v) is 14.2. The van der Waals surface area contributed by atoms with Crippen LogP contribution in [0.4, 0.5) is 0 Å². The average molecular weight is 514 g/mol. The van der Waals surface area contributed by atoms with Crippen LogP contribution >= 0.6 is 11.6 Å². The first kappa shape index (κ1) is 28.8. The smallest absolute Gasteiger partial charge is 0.227 e. The van der Waals surface area contributed by atoms with Gasteiger partial charge in [-0.1, -0.05) is 50.4 Å². The second-order valence-electron chi connectivity index (χ2n) is 10.1. The lowest BCUT2D eigenvalue weighted by molar-refractivity contribution is -0.141. The number of nitrogens with one attached hydrogen (secondary N) is 1. The second-order valence-corrected chi connectivity index (χ2v) is 12.3. The first-order valence-electron chi connectivity index (χ1n) is 12.1. The number of amides is 1. The zero-order valence-electron chi connectivity index (χ0n) is 20.6. The molecule has 2 fully saturated rings. The summed E-state index contributed by atoms with van der Waals surface area (Å²) >= 11 is 6.04. The van der Waals surface area contributed by atoms with E-state index in [1.165, 1.54) is 18.4 Å². The van der Waals surface area contributed by atoms with Gasteiger partial charge in [0.2, 0.25) is 15.9 Å². The van der Waals surface area contributed by atoms with E-state index in [0.717, 1.165) is 37.4 Å². The third-order valence-corrected chi connectivity index (χ3v) is 8.13. The average Bonchev–Trinajstić information content (AvgIpc) is 2.78. The summed E-state index contributed by atoms with van der Waals surface area (Å²) in [5, 5.41) is 8.79. The minimum Gasteiger partial charge on any atom is -0.342 e. The molecule has 0 aromatic heterocycles. The van der Waals surface area contributed by atoms with Crippen LogP contribution in [-0.2, 0) is 19.6 Å². The van der Waals surface area contributed by atoms with Crippen molar-refractivity contribution in [1.82, 2.24) is 10.2 Å². The molecule has 0 bridgehead atoms. The fourth-order valence-electron chi connectivity index (χ4n) is 5.23. The molecule has 1 saturated carbocycles. The monoisotopic (exact) mass is 513 g/mol. The molecule has 3 N–H and O–H groups in total. The van der Waals surface area contributed by atoms with Crippen LogP contribution in [0.1, 0.15) is 70.3 Å². The van der Waals surface area contributed by atoms with E-state index in [1.807, 2.05) is 19.2 Å². The van der Waals surface area contributed by atoms with E-state index < -0.39 is 10.0 Å². The Bertz CT molecular complexity index is 905. The van der Waals surface area contributed by atoms with Crippen LogP contribution in [0.3, 0.4) is 0 Å². The third-order valence-electron chi connectivity index (χ3n) is 7.02. The molecule has 0 radical (unpaired) electrons. The van der Waals surface area contributed by atoms with Crippen LogP contribution in [0.5, 0.6) is 0 Å². The molecule has 3 rings (SSSR count). The van der Waals surface area contributed by atoms with E-state index in [4.69, 9.17) is 11.6 Å². The standard InChI is InChI=1S/C21H31ClN2O.C4H9NO3S/c1-21(2)14-24(20(25)17-6-4-5-7-19(17)23-3)13-12-18(21)15-8-10-16(22)11-9-15;5-9(7,8)4-2-1-3-6/h8-11,17-19,23H,4-7,12-14H2,1-3H3;3H,1-2,4H2,(H2,5,7,8). The maximum atomic E-state index is 13.2. The van der Waals surface area contributed by atoms with E-state index in [9.17, 15) is 18.0 Å². The quantitative estimate of drug-likeness (QED) is 0.426. The number of unbranched alkanes of at least 4 members (excludes halogenated alkanes) is 1. The van der Waals surface area contributed by atoms with Crippen LogP contribution in [0.15, 0.2) is 24.3 Å². The van der Waals surface area contributed by atoms with E-state index in [0.29, 0.717) is 30.6 Å². The van der Waals surface area contributed by atoms with Gasteiger partial charge in [-0.25, -0.2) is 13.6 Å². The maximum absolute atomic E-state index is 13.2. The lowest BCUT2D eigenvalue weighted by Gasteiger charge is -2.46. The molecule has 1 saturated heterocycles. The molecular weight excluding hydrogens is 474 g/mol. The molecule has 1 aromatic rings. The fraction of sp³-hybridized carbons (Fsp3) is 0.680. The maximum Gasteiger partial charge on any atom is 0.227 e. The van der Waals surface area contributed by atoms with Gasteiger partial charge in [0.1, 0.15) is 6.29 Å². The van der Waals surface area contributed by atoms with Gasteiger partial charge >= 0.3 is 0 Å². The number of rotatable bonds is 7. The zero-order valence-corrected chi connectivity index (χ0v) is 22.2. The summed E-state index contributed by atoms with van der Waals surface area (Å²) in [6.07, 6.45) is 6.85. The van der Waals surface area contributed by atoms with Crippen LogP contribution in [-0.4, -0.2) is 57.4 Å². The summed E-state index contributed by atoms with van der Waals surface area (Å²) in [4.78, 5) is 25.0. The van der Waals surface area contributed by atoms with Crippen LogP contribution < -0.4 is 10.5 Å². The highest BCUT2D eigenvalue weighted by atomic mass is 35.5. The van der Waals surface area contributed by atoms with Crippen LogP contribution in [0.2, 0.25) is 5.02 Å². The Hall–Kier alpha value is -1.48. The van der Waals surface area contributed by atoms with Gasteiger partial charge in [0.05, 0.1) is 11.7 Å². The first-order chi connectivity index (χ1) is 16.0. The minimum atomic E-state index is -3.36. The lowest BCUT2D eigenvalue weighted by atomic mass is 9.70. The molecule has 0 spiro atoms. The number of nitrogens with two attached hydrogens (primary N) is 1. The second kappa shape index (κ2) is 13.0. The van der Waals surface area contributed by atoms with Gasteiger partial charge in [0, 0.05) is 30.6 Å². The molecule has 1 aromatic carbocycles. The fourth-order valence-corrected chi connectivity index (χ4v) is 5.93. The molecule has 192 valence electrons. The number of aldehydes is 1. The number of halogens is 1. The molecule has 1 aliphatic carbocycles. The number of primary sulfonamides is 1. The van der Waals surface area contributed by atoms with E-state index in [2.05, 4.69) is 41.3 Å². The Balaban J connectivity index is 0.000000387. The highest BCUT2D eigenvalue weighted by Gasteiger charge is 2.41. The number of piperidine rings is 1. The molecule has 3 atom stereocenters. The summed E-state index contributed by atoms with van der Waals surface area (Å²) < 4.78 is 20.3. The minimum absolute atomic E-state index is 0.0749. The predicted molar refractivity (Wildman–Crippen MR) is 137 cm³/mol. The van der Waals surface area contributed by atoms with Crippen molar-refractivity contribution >= 4 is 33.8 Å². The zero-order chi connectivity index (χ0) is 25.4. The van der Waals surface area contributed by atoms with Gasteiger partial charge in [-0.3, -0.25) is 4.79 Å². The summed E-state index contributed by atoms with van der Waals surface area (Å²) in [6.45, 7) is 6.29. The number of benzene rings is 1. The predicted octanol–water partition coefficient (Wildman–Crippen LogP) is 3.71. The topological polar surface area (TPSA) is 110 Å². The highest BCUT2D eigenvalue weighted by molar-refractivity contribution is 7.89. The van der Waals surface area contributed by atoms with Gasteiger partial charge in [-0.15, -0.1) is 0 Å². The largest absolute Gasteiger partial charge is 0.342 e. The molecule has 1 amide bonds. The number of likely N-dealkylation sites (tertiary alicyclic amines) is 1. The number of sulfonamides is 1. The number of carbonyl (C=O) groups excluding carboxylic acids is 2. The Kier molecular flexibility index (Phi) is 11.0. The number of nitrogens with zero attached hydrogens (tertiary/aromatic N) is 1. The Morgan fingerprint density at radius 3 is 2.41 bits per heavy atom. The van der Waals surface area contributed by atoms with Crippen molar-refractivity contribution < 1.29 is 18.0 Å². The van der Waals surface area contributed by atoms with Gasteiger partial charge in [0.25, 0.3) is 0 Å². The summed E-state index contributed by atoms with van der Waals surface area (Å²) in [7, 11) is -1.36. The molecule has 9 heteroatoms. The van der Waals surface area contributed by atoms with Gasteiger partial charge < -0.3 is 15.0 Å². The summed E-state index contributed by atoms with van der Waals surface area (Å²) in [5.41, 5.74) is 1.42. The van der Waals surface area contributed by atoms with Gasteiger partial charge in [0.15, 0.2) is 0 Å². The van der Waals surface area contributed by atoms with Crippen molar-refractivity contribution in [2.75, 3.05) is 25.9 Å². The van der Waals surface area contributed by atoms with Gasteiger partial charge in [-0.2, -0.15) is 0 Å². The SMILES string of the molecule is CNC1CCCCC1C(=O)N1CCC(c2ccc(Cl)cc2)C(C)(C)C1.NS(=O)(=O)CCCC=O. The van der Waals surface area contributed by atoms with Crippen LogP contribution in [0.25, 0.3) is 0 Å². The van der Waals surface area contributed by atoms with Crippen LogP contribution in [0, 0.1) is 11.3 Å². The van der Waals surface area contributed by atoms with Crippen molar-refractivity contribution in [2.24, 2.45) is 16.5 Å². The van der Waals surface area contributed by atoms with Crippen molar-refractivity contribution in [2.45, 2.75) is 70.8 Å². The van der Waals surface area contributed by atoms with Gasteiger partial charge in [-0.05, 0) is 61.8 Å². The number of hydrogen-bond acceptors (Lipinski definition) is 5. The molecule has 1 heterocycles. The van der Waals surface area contributed by atoms with Crippen molar-refractivity contribution in [3.05, 3.63) is 34.9 Å². The summed E-state index contributed by atoms with van der Waals surface area (Å²) in [6, 6.07) is 8.58. The Morgan fingerprint density at radius 2 is 1.85 bits per heavy atom. The summed E-state index contributed by atoms with van der Waals surface area (Å²) in [5.74, 6) is 0.884. The molecule has 34 heavy (non-hydrogen) atoms. The van der Waals surface area contributed by atoms with Crippen molar-refractivity contribution in [3.8, 4) is 0 Å². The van der Waals surface area contributed by atoms with Crippen molar-refractivity contribution in [3.63, 3.8) is 0 Å². The van der Waals surface area contributed by atoms with Crippen molar-refractivity contribution in [1.29, 1.82) is 0 Å². The van der Waals surface area contributed by atoms with E-state index >= 15 is 0 Å². The molecule has 1 aliphatic heterocycles.